The van der Waals surface area contributed by atoms with Crippen molar-refractivity contribution in [3.8, 4) is 5.75 Å². The van der Waals surface area contributed by atoms with Crippen LogP contribution in [0.2, 0.25) is 0 Å². The van der Waals surface area contributed by atoms with E-state index >= 15 is 0 Å². The molecular weight excluding hydrogens is 366 g/mol. The zero-order chi connectivity index (χ0) is 21.2. The van der Waals surface area contributed by atoms with E-state index in [0.717, 1.165) is 31.2 Å². The fourth-order valence-corrected chi connectivity index (χ4v) is 3.54. The van der Waals surface area contributed by atoms with Crippen molar-refractivity contribution in [1.29, 1.82) is 0 Å². The van der Waals surface area contributed by atoms with Gasteiger partial charge in [0.05, 0.1) is 12.6 Å². The molecule has 0 saturated heterocycles. The lowest BCUT2D eigenvalue weighted by Gasteiger charge is -2.16. The number of phenolic OH excluding ortho intramolecular Hbond substituents is 1. The third kappa shape index (κ3) is 14.1. The van der Waals surface area contributed by atoms with E-state index in [1.54, 1.807) is 12.1 Å². The Balaban J connectivity index is 1.97. The van der Waals surface area contributed by atoms with E-state index in [9.17, 15) is 15.0 Å². The Hall–Kier alpha value is -1.59. The first kappa shape index (κ1) is 25.4. The molecule has 1 aromatic carbocycles. The van der Waals surface area contributed by atoms with Crippen molar-refractivity contribution in [2.24, 2.45) is 0 Å². The molecule has 0 heterocycles. The summed E-state index contributed by atoms with van der Waals surface area (Å²) in [6.45, 7) is 0.234. The zero-order valence-electron chi connectivity index (χ0n) is 18.0. The maximum absolute atomic E-state index is 12.1. The molecular formula is C24H41NO4. The van der Waals surface area contributed by atoms with Gasteiger partial charge >= 0.3 is 0 Å². The summed E-state index contributed by atoms with van der Waals surface area (Å²) in [6, 6.07) is 6.56. The molecule has 1 atom stereocenters. The third-order valence-electron chi connectivity index (χ3n) is 5.32. The van der Waals surface area contributed by atoms with Crippen molar-refractivity contribution in [1.82, 2.24) is 5.32 Å². The maximum Gasteiger partial charge on any atom is 0.220 e. The molecule has 0 unspecified atom stereocenters. The van der Waals surface area contributed by atoms with Gasteiger partial charge in [-0.25, -0.2) is 0 Å². The lowest BCUT2D eigenvalue weighted by molar-refractivity contribution is -0.122. The summed E-state index contributed by atoms with van der Waals surface area (Å²) in [5.74, 6) is 0.219. The average Bonchev–Trinajstić information content (AvgIpc) is 2.72. The maximum atomic E-state index is 12.1. The number of aliphatic hydroxyl groups is 2. The standard InChI is InChI=1S/C24H41NO4/c26-18-12-10-8-6-4-2-1-3-5-7-9-11-13-24(29)25-22(20-27)19-21-14-16-23(28)17-15-21/h14-17,22,26-28H,1-13,18-20H2,(H,25,29)/t22-/m0/s1. The fourth-order valence-electron chi connectivity index (χ4n) is 3.54. The molecule has 0 aliphatic rings. The number of hydrogen-bond donors (Lipinski definition) is 4. The largest absolute Gasteiger partial charge is 0.508 e. The fraction of sp³-hybridized carbons (Fsp3) is 0.708. The predicted octanol–water partition coefficient (Wildman–Crippen LogP) is 4.48. The highest BCUT2D eigenvalue weighted by atomic mass is 16.3. The summed E-state index contributed by atoms with van der Waals surface area (Å²) in [5, 5.41) is 30.5. The van der Waals surface area contributed by atoms with E-state index in [1.807, 2.05) is 12.1 Å². The van der Waals surface area contributed by atoms with Crippen LogP contribution in [0.5, 0.6) is 5.75 Å². The second-order valence-corrected chi connectivity index (χ2v) is 8.03. The normalized spacial score (nSPS) is 12.1. The quantitative estimate of drug-likeness (QED) is 0.270. The molecule has 1 amide bonds. The molecule has 5 nitrogen and oxygen atoms in total. The number of aliphatic hydroxyl groups excluding tert-OH is 2. The number of nitrogens with one attached hydrogen (secondary N) is 1. The zero-order valence-corrected chi connectivity index (χ0v) is 18.0. The van der Waals surface area contributed by atoms with Gasteiger partial charge in [0.1, 0.15) is 5.75 Å². The first-order valence-corrected chi connectivity index (χ1v) is 11.4. The van der Waals surface area contributed by atoms with Crippen molar-refractivity contribution in [3.05, 3.63) is 29.8 Å². The van der Waals surface area contributed by atoms with Crippen molar-refractivity contribution in [2.75, 3.05) is 13.2 Å². The minimum absolute atomic E-state index is 0.00373. The highest BCUT2D eigenvalue weighted by molar-refractivity contribution is 5.76. The number of phenols is 1. The van der Waals surface area contributed by atoms with Crippen LogP contribution in [0.15, 0.2) is 24.3 Å². The summed E-state index contributed by atoms with van der Waals surface area (Å²) in [7, 11) is 0. The monoisotopic (exact) mass is 407 g/mol. The van der Waals surface area contributed by atoms with Gasteiger partial charge in [-0.2, -0.15) is 0 Å². The molecule has 0 bridgehead atoms. The second-order valence-electron chi connectivity index (χ2n) is 8.03. The third-order valence-corrected chi connectivity index (χ3v) is 5.32. The Morgan fingerprint density at radius 1 is 0.759 bits per heavy atom. The number of amides is 1. The molecule has 0 fully saturated rings. The van der Waals surface area contributed by atoms with E-state index < -0.39 is 0 Å². The Morgan fingerprint density at radius 3 is 1.72 bits per heavy atom. The second kappa shape index (κ2) is 17.3. The molecule has 166 valence electrons. The van der Waals surface area contributed by atoms with E-state index in [4.69, 9.17) is 5.11 Å². The van der Waals surface area contributed by atoms with Gasteiger partial charge in [0.25, 0.3) is 0 Å². The molecule has 0 aliphatic heterocycles. The van der Waals surface area contributed by atoms with Crippen LogP contribution in [-0.4, -0.2) is 40.5 Å². The summed E-state index contributed by atoms with van der Waals surface area (Å²) < 4.78 is 0. The Labute approximate surface area is 176 Å². The Morgan fingerprint density at radius 2 is 1.24 bits per heavy atom. The highest BCUT2D eigenvalue weighted by Crippen LogP contribution is 2.13. The molecule has 0 aromatic heterocycles. The van der Waals surface area contributed by atoms with Gasteiger partial charge in [-0.15, -0.1) is 0 Å². The molecule has 29 heavy (non-hydrogen) atoms. The van der Waals surface area contributed by atoms with Gasteiger partial charge in [-0.1, -0.05) is 76.3 Å². The number of unbranched alkanes of at least 4 members (excludes halogenated alkanes) is 11. The van der Waals surface area contributed by atoms with Crippen LogP contribution in [0.4, 0.5) is 0 Å². The summed E-state index contributed by atoms with van der Waals surface area (Å²) in [5.41, 5.74) is 0.979. The van der Waals surface area contributed by atoms with Crippen LogP contribution in [0.1, 0.15) is 89.0 Å². The highest BCUT2D eigenvalue weighted by Gasteiger charge is 2.12. The minimum Gasteiger partial charge on any atom is -0.508 e. The van der Waals surface area contributed by atoms with Crippen molar-refractivity contribution in [3.63, 3.8) is 0 Å². The van der Waals surface area contributed by atoms with Crippen LogP contribution < -0.4 is 5.32 Å². The summed E-state index contributed by atoms with van der Waals surface area (Å²) in [6.07, 6.45) is 15.3. The van der Waals surface area contributed by atoms with Crippen LogP contribution in [0.25, 0.3) is 0 Å². The van der Waals surface area contributed by atoms with Crippen molar-refractivity contribution >= 4 is 5.91 Å². The Bertz CT molecular complexity index is 518. The van der Waals surface area contributed by atoms with Gasteiger partial charge in [0.2, 0.25) is 5.91 Å². The molecule has 1 rings (SSSR count). The lowest BCUT2D eigenvalue weighted by Crippen LogP contribution is -2.38. The molecule has 1 aromatic rings. The summed E-state index contributed by atoms with van der Waals surface area (Å²) in [4.78, 5) is 12.1. The molecule has 0 saturated carbocycles. The van der Waals surface area contributed by atoms with Gasteiger partial charge in [0, 0.05) is 13.0 Å². The molecule has 0 aliphatic carbocycles. The molecule has 0 radical (unpaired) electrons. The van der Waals surface area contributed by atoms with Gasteiger partial charge < -0.3 is 20.6 Å². The number of carbonyl (C=O) groups is 1. The first-order chi connectivity index (χ1) is 14.2. The number of rotatable bonds is 18. The number of benzene rings is 1. The van der Waals surface area contributed by atoms with Gasteiger partial charge in [-0.3, -0.25) is 4.79 Å². The van der Waals surface area contributed by atoms with E-state index in [2.05, 4.69) is 5.32 Å². The van der Waals surface area contributed by atoms with E-state index in [-0.39, 0.29) is 24.3 Å². The smallest absolute Gasteiger partial charge is 0.220 e. The van der Waals surface area contributed by atoms with Crippen molar-refractivity contribution < 1.29 is 20.1 Å². The van der Waals surface area contributed by atoms with E-state index in [0.29, 0.717) is 19.4 Å². The molecule has 4 N–H and O–H groups in total. The van der Waals surface area contributed by atoms with Gasteiger partial charge in [-0.05, 0) is 37.0 Å². The van der Waals surface area contributed by atoms with Crippen LogP contribution in [0.3, 0.4) is 0 Å². The first-order valence-electron chi connectivity index (χ1n) is 11.4. The molecule has 5 heteroatoms. The van der Waals surface area contributed by atoms with Crippen molar-refractivity contribution in [2.45, 2.75) is 95.9 Å². The lowest BCUT2D eigenvalue weighted by atomic mass is 10.0. The average molecular weight is 408 g/mol. The summed E-state index contributed by atoms with van der Waals surface area (Å²) >= 11 is 0. The van der Waals surface area contributed by atoms with Crippen LogP contribution >= 0.6 is 0 Å². The topological polar surface area (TPSA) is 89.8 Å². The SMILES string of the molecule is O=C(CCCCCCCCCCCCCCO)N[C@H](CO)Cc1ccc(O)cc1. The number of carbonyl (C=O) groups excluding carboxylic acids is 1. The van der Waals surface area contributed by atoms with Crippen LogP contribution in [0, 0.1) is 0 Å². The predicted molar refractivity (Wildman–Crippen MR) is 118 cm³/mol. The number of hydrogen-bond acceptors (Lipinski definition) is 4. The van der Waals surface area contributed by atoms with E-state index in [1.165, 1.54) is 51.4 Å². The van der Waals surface area contributed by atoms with Crippen LogP contribution in [-0.2, 0) is 11.2 Å². The molecule has 0 spiro atoms. The Kier molecular flexibility index (Phi) is 15.2. The minimum atomic E-state index is -0.282. The number of aromatic hydroxyl groups is 1. The van der Waals surface area contributed by atoms with Gasteiger partial charge in [0.15, 0.2) is 0 Å².